The van der Waals surface area contributed by atoms with Crippen molar-refractivity contribution < 1.29 is 13.2 Å². The van der Waals surface area contributed by atoms with Crippen LogP contribution in [0, 0.1) is 11.3 Å². The zero-order valence-corrected chi connectivity index (χ0v) is 13.8. The van der Waals surface area contributed by atoms with Crippen LogP contribution < -0.4 is 10.2 Å². The van der Waals surface area contributed by atoms with E-state index < -0.39 is 11.7 Å². The van der Waals surface area contributed by atoms with Gasteiger partial charge in [0.15, 0.2) is 0 Å². The number of nitrogens with one attached hydrogen (secondary N) is 1. The molecule has 0 spiro atoms. The molecule has 1 fully saturated rings. The Kier molecular flexibility index (Phi) is 4.73. The average molecular weight is 367 g/mol. The Morgan fingerprint density at radius 1 is 1.32 bits per heavy atom. The average Bonchev–Trinajstić information content (AvgIpc) is 3.02. The molecule has 130 valence electrons. The quantitative estimate of drug-likeness (QED) is 0.879. The Labute approximate surface area is 147 Å². The van der Waals surface area contributed by atoms with Crippen LogP contribution in [0.25, 0.3) is 0 Å². The fourth-order valence-electron chi connectivity index (χ4n) is 2.88. The SMILES string of the molecule is N#Cc1ccc(C(F)(F)F)c(NC2CCN(c3ncccc3Cl)C2)c1. The lowest BCUT2D eigenvalue weighted by Gasteiger charge is -2.21. The second kappa shape index (κ2) is 6.81. The van der Waals surface area contributed by atoms with Gasteiger partial charge in [-0.05, 0) is 36.8 Å². The first-order valence-electron chi connectivity index (χ1n) is 7.62. The molecule has 0 radical (unpaired) electrons. The second-order valence-corrected chi connectivity index (χ2v) is 6.16. The summed E-state index contributed by atoms with van der Waals surface area (Å²) in [6.45, 7) is 1.11. The number of nitriles is 1. The van der Waals surface area contributed by atoms with E-state index in [4.69, 9.17) is 16.9 Å². The highest BCUT2D eigenvalue weighted by molar-refractivity contribution is 6.32. The maximum absolute atomic E-state index is 13.2. The van der Waals surface area contributed by atoms with Crippen LogP contribution >= 0.6 is 11.6 Å². The van der Waals surface area contributed by atoms with Crippen LogP contribution in [0.15, 0.2) is 36.5 Å². The van der Waals surface area contributed by atoms with Crippen molar-refractivity contribution in [1.82, 2.24) is 4.98 Å². The maximum Gasteiger partial charge on any atom is 0.418 e. The highest BCUT2D eigenvalue weighted by atomic mass is 35.5. The molecule has 0 aliphatic carbocycles. The summed E-state index contributed by atoms with van der Waals surface area (Å²) in [7, 11) is 0. The number of hydrogen-bond acceptors (Lipinski definition) is 4. The first-order valence-corrected chi connectivity index (χ1v) is 7.99. The summed E-state index contributed by atoms with van der Waals surface area (Å²) in [6, 6.07) is 8.45. The van der Waals surface area contributed by atoms with E-state index in [1.54, 1.807) is 18.3 Å². The highest BCUT2D eigenvalue weighted by Gasteiger charge is 2.35. The van der Waals surface area contributed by atoms with Gasteiger partial charge in [0.05, 0.1) is 22.2 Å². The van der Waals surface area contributed by atoms with Gasteiger partial charge in [-0.15, -0.1) is 0 Å². The van der Waals surface area contributed by atoms with E-state index in [0.717, 1.165) is 6.07 Å². The molecule has 8 heteroatoms. The monoisotopic (exact) mass is 366 g/mol. The Morgan fingerprint density at radius 3 is 2.80 bits per heavy atom. The van der Waals surface area contributed by atoms with Crippen molar-refractivity contribution in [3.63, 3.8) is 0 Å². The van der Waals surface area contributed by atoms with E-state index in [9.17, 15) is 13.2 Å². The number of benzene rings is 1. The van der Waals surface area contributed by atoms with Gasteiger partial charge in [-0.2, -0.15) is 18.4 Å². The van der Waals surface area contributed by atoms with Gasteiger partial charge in [0, 0.05) is 31.0 Å². The van der Waals surface area contributed by atoms with Gasteiger partial charge in [-0.1, -0.05) is 11.6 Å². The number of halogens is 4. The van der Waals surface area contributed by atoms with Crippen molar-refractivity contribution in [3.8, 4) is 6.07 Å². The zero-order chi connectivity index (χ0) is 18.0. The molecular formula is C17H14ClF3N4. The van der Waals surface area contributed by atoms with Crippen LogP contribution in [-0.4, -0.2) is 24.1 Å². The molecule has 25 heavy (non-hydrogen) atoms. The summed E-state index contributed by atoms with van der Waals surface area (Å²) in [4.78, 5) is 6.16. The molecule has 0 saturated carbocycles. The molecule has 1 aliphatic rings. The molecular weight excluding hydrogens is 353 g/mol. The number of aromatic nitrogens is 1. The van der Waals surface area contributed by atoms with E-state index >= 15 is 0 Å². The Hall–Kier alpha value is -2.46. The second-order valence-electron chi connectivity index (χ2n) is 5.75. The van der Waals surface area contributed by atoms with Crippen LogP contribution in [0.4, 0.5) is 24.7 Å². The molecule has 1 N–H and O–H groups in total. The molecule has 1 aliphatic heterocycles. The number of hydrogen-bond donors (Lipinski definition) is 1. The van der Waals surface area contributed by atoms with Crippen LogP contribution in [0.3, 0.4) is 0 Å². The first-order chi connectivity index (χ1) is 11.9. The minimum Gasteiger partial charge on any atom is -0.380 e. The van der Waals surface area contributed by atoms with Crippen LogP contribution in [0.1, 0.15) is 17.5 Å². The number of pyridine rings is 1. The van der Waals surface area contributed by atoms with Crippen molar-refractivity contribution in [2.45, 2.75) is 18.6 Å². The van der Waals surface area contributed by atoms with E-state index in [0.29, 0.717) is 30.4 Å². The van der Waals surface area contributed by atoms with Gasteiger partial charge in [-0.3, -0.25) is 0 Å². The molecule has 2 heterocycles. The van der Waals surface area contributed by atoms with Gasteiger partial charge < -0.3 is 10.2 Å². The third-order valence-corrected chi connectivity index (χ3v) is 4.34. The molecule has 1 aromatic carbocycles. The summed E-state index contributed by atoms with van der Waals surface area (Å²) < 4.78 is 39.6. The molecule has 3 rings (SSSR count). The lowest BCUT2D eigenvalue weighted by atomic mass is 10.1. The maximum atomic E-state index is 13.2. The minimum atomic E-state index is -4.49. The van der Waals surface area contributed by atoms with Gasteiger partial charge >= 0.3 is 6.18 Å². The summed E-state index contributed by atoms with van der Waals surface area (Å²) in [5.74, 6) is 0.621. The minimum absolute atomic E-state index is 0.0782. The van der Waals surface area contributed by atoms with Crippen molar-refractivity contribution in [1.29, 1.82) is 5.26 Å². The molecule has 1 aromatic heterocycles. The van der Waals surface area contributed by atoms with Crippen molar-refractivity contribution in [2.24, 2.45) is 0 Å². The van der Waals surface area contributed by atoms with Crippen LogP contribution in [0.2, 0.25) is 5.02 Å². The fraction of sp³-hybridized carbons (Fsp3) is 0.294. The molecule has 2 aromatic rings. The van der Waals surface area contributed by atoms with Crippen molar-refractivity contribution >= 4 is 23.1 Å². The highest BCUT2D eigenvalue weighted by Crippen LogP contribution is 2.36. The van der Waals surface area contributed by atoms with Crippen molar-refractivity contribution in [3.05, 3.63) is 52.7 Å². The Balaban J connectivity index is 1.80. The number of alkyl halides is 3. The van der Waals surface area contributed by atoms with E-state index in [2.05, 4.69) is 10.3 Å². The molecule has 1 saturated heterocycles. The van der Waals surface area contributed by atoms with Crippen LogP contribution in [-0.2, 0) is 6.18 Å². The van der Waals surface area contributed by atoms with E-state index in [1.807, 2.05) is 11.0 Å². The summed E-state index contributed by atoms with van der Waals surface area (Å²) in [5.41, 5.74) is -0.676. The third-order valence-electron chi connectivity index (χ3n) is 4.04. The summed E-state index contributed by atoms with van der Waals surface area (Å²) in [6.07, 6.45) is -2.22. The van der Waals surface area contributed by atoms with Gasteiger partial charge in [-0.25, -0.2) is 4.98 Å². The van der Waals surface area contributed by atoms with Gasteiger partial charge in [0.1, 0.15) is 5.82 Å². The molecule has 4 nitrogen and oxygen atoms in total. The third kappa shape index (κ3) is 3.80. The predicted octanol–water partition coefficient (Wildman–Crippen LogP) is 4.32. The normalized spacial score (nSPS) is 17.4. The fourth-order valence-corrected chi connectivity index (χ4v) is 3.12. The van der Waals surface area contributed by atoms with E-state index in [-0.39, 0.29) is 17.3 Å². The standard InChI is InChI=1S/C17H14ClF3N4/c18-14-2-1-6-23-16(14)25-7-5-12(10-25)24-15-8-11(9-22)3-4-13(15)17(19,20)21/h1-4,6,8,12,24H,5,7,10H2. The lowest BCUT2D eigenvalue weighted by Crippen LogP contribution is -2.27. The topological polar surface area (TPSA) is 52.0 Å². The Bertz CT molecular complexity index is 816. The number of anilines is 2. The van der Waals surface area contributed by atoms with Gasteiger partial charge in [0.25, 0.3) is 0 Å². The van der Waals surface area contributed by atoms with Gasteiger partial charge in [0.2, 0.25) is 0 Å². The number of nitrogens with zero attached hydrogens (tertiary/aromatic N) is 3. The largest absolute Gasteiger partial charge is 0.418 e. The van der Waals surface area contributed by atoms with Crippen molar-refractivity contribution in [2.75, 3.05) is 23.3 Å². The predicted molar refractivity (Wildman–Crippen MR) is 89.6 cm³/mol. The molecule has 0 amide bonds. The lowest BCUT2D eigenvalue weighted by molar-refractivity contribution is -0.137. The zero-order valence-electron chi connectivity index (χ0n) is 13.0. The smallest absolute Gasteiger partial charge is 0.380 e. The summed E-state index contributed by atoms with van der Waals surface area (Å²) in [5, 5.41) is 12.4. The molecule has 0 bridgehead atoms. The molecule has 1 atom stereocenters. The Morgan fingerprint density at radius 2 is 2.12 bits per heavy atom. The number of rotatable bonds is 3. The summed E-state index contributed by atoms with van der Waals surface area (Å²) >= 11 is 6.13. The van der Waals surface area contributed by atoms with Crippen LogP contribution in [0.5, 0.6) is 0 Å². The van der Waals surface area contributed by atoms with E-state index in [1.165, 1.54) is 12.1 Å². The first kappa shape index (κ1) is 17.4. The molecule has 1 unspecified atom stereocenters.